The Balaban J connectivity index is 1.11. The van der Waals surface area contributed by atoms with Gasteiger partial charge in [0.25, 0.3) is 5.92 Å². The third-order valence-corrected chi connectivity index (χ3v) is 8.13. The first-order valence-corrected chi connectivity index (χ1v) is 14.6. The summed E-state index contributed by atoms with van der Waals surface area (Å²) in [6.45, 7) is 10.5. The van der Waals surface area contributed by atoms with Gasteiger partial charge in [-0.2, -0.15) is 5.10 Å². The highest BCUT2D eigenvalue weighted by Crippen LogP contribution is 2.49. The number of hydrogen-bond acceptors (Lipinski definition) is 6. The number of piperazine rings is 1. The van der Waals surface area contributed by atoms with Crippen LogP contribution in [0, 0.1) is 11.7 Å². The molecule has 2 unspecified atom stereocenters. The lowest BCUT2D eigenvalue weighted by atomic mass is 10.1. The second-order valence-corrected chi connectivity index (χ2v) is 12.6. The second-order valence-electron chi connectivity index (χ2n) is 12.6. The van der Waals surface area contributed by atoms with Crippen LogP contribution in [0.15, 0.2) is 42.9 Å². The minimum absolute atomic E-state index is 0.108. The van der Waals surface area contributed by atoms with Crippen LogP contribution >= 0.6 is 0 Å². The Kier molecular flexibility index (Phi) is 7.44. The Labute approximate surface area is 248 Å². The molecule has 4 heterocycles. The molecule has 1 saturated carbocycles. The number of aromatic amines is 1. The van der Waals surface area contributed by atoms with Gasteiger partial charge < -0.3 is 14.6 Å². The van der Waals surface area contributed by atoms with Crippen molar-refractivity contribution in [2.24, 2.45) is 5.92 Å². The monoisotopic (exact) mass is 595 g/mol. The van der Waals surface area contributed by atoms with E-state index in [1.165, 1.54) is 10.9 Å². The largest absolute Gasteiger partial charge is 0.444 e. The number of amides is 1. The molecular formula is C31H36F3N7O2. The highest BCUT2D eigenvalue weighted by molar-refractivity contribution is 5.82. The SMILES string of the molecule is CC(c1ccnc(Cc2nc3c(F)c(-c4cnn(CC5CC5(F)F)c4)ccc3[nH]2)c1)N1CCN(C(=O)OC(C)(C)C)CC1. The third-order valence-electron chi connectivity index (χ3n) is 8.13. The van der Waals surface area contributed by atoms with Gasteiger partial charge >= 0.3 is 6.09 Å². The standard InChI is InChI=1S/C31H36F3N7O2/c1-19(39-9-11-40(12-10-39)29(42)43-30(2,3)4)20-7-8-35-23(13-20)14-26-37-25-6-5-24(27(32)28(25)38-26)21-16-36-41(17-21)18-22-15-31(22,33)34/h5-8,13,16-17,19,22H,9-12,14-15,18H2,1-4H3,(H,37,38). The number of H-pyrrole nitrogens is 1. The number of benzene rings is 1. The van der Waals surface area contributed by atoms with Crippen molar-refractivity contribution in [2.75, 3.05) is 26.2 Å². The molecule has 6 rings (SSSR count). The molecule has 228 valence electrons. The molecule has 1 aromatic carbocycles. The maximum atomic E-state index is 15.6. The minimum Gasteiger partial charge on any atom is -0.444 e. The molecular weight excluding hydrogens is 559 g/mol. The normalized spacial score (nSPS) is 19.5. The number of ether oxygens (including phenoxy) is 1. The zero-order valence-electron chi connectivity index (χ0n) is 24.8. The van der Waals surface area contributed by atoms with Crippen LogP contribution < -0.4 is 0 Å². The molecule has 1 aliphatic heterocycles. The number of hydrogen-bond donors (Lipinski definition) is 1. The zero-order chi connectivity index (χ0) is 30.5. The zero-order valence-corrected chi connectivity index (χ0v) is 24.8. The molecule has 1 N–H and O–H groups in total. The first kappa shape index (κ1) is 29.2. The molecule has 12 heteroatoms. The maximum absolute atomic E-state index is 15.6. The Bertz CT molecular complexity index is 1640. The molecule has 43 heavy (non-hydrogen) atoms. The van der Waals surface area contributed by atoms with Gasteiger partial charge in [0.15, 0.2) is 5.82 Å². The van der Waals surface area contributed by atoms with Gasteiger partial charge in [0.2, 0.25) is 0 Å². The number of aromatic nitrogens is 5. The van der Waals surface area contributed by atoms with Crippen LogP contribution in [0.3, 0.4) is 0 Å². The molecule has 2 aliphatic rings. The quantitative estimate of drug-likeness (QED) is 0.290. The van der Waals surface area contributed by atoms with Crippen molar-refractivity contribution in [1.29, 1.82) is 0 Å². The van der Waals surface area contributed by atoms with Gasteiger partial charge in [-0.25, -0.2) is 22.9 Å². The number of carbonyl (C=O) groups is 1. The third kappa shape index (κ3) is 6.39. The first-order valence-electron chi connectivity index (χ1n) is 14.6. The second kappa shape index (κ2) is 11.0. The van der Waals surface area contributed by atoms with E-state index in [9.17, 15) is 13.6 Å². The van der Waals surface area contributed by atoms with Crippen molar-refractivity contribution in [2.45, 2.75) is 64.6 Å². The molecule has 2 fully saturated rings. The van der Waals surface area contributed by atoms with E-state index in [0.29, 0.717) is 42.0 Å². The van der Waals surface area contributed by atoms with E-state index in [-0.39, 0.29) is 30.6 Å². The smallest absolute Gasteiger partial charge is 0.410 e. The molecule has 4 aromatic rings. The first-order chi connectivity index (χ1) is 20.4. The van der Waals surface area contributed by atoms with E-state index in [0.717, 1.165) is 24.3 Å². The van der Waals surface area contributed by atoms with Crippen molar-refractivity contribution in [3.63, 3.8) is 0 Å². The summed E-state index contributed by atoms with van der Waals surface area (Å²) in [5, 5.41) is 4.15. The van der Waals surface area contributed by atoms with E-state index in [4.69, 9.17) is 4.74 Å². The van der Waals surface area contributed by atoms with Gasteiger partial charge in [-0.05, 0) is 57.5 Å². The van der Waals surface area contributed by atoms with Crippen molar-refractivity contribution in [1.82, 2.24) is 34.5 Å². The van der Waals surface area contributed by atoms with Gasteiger partial charge in [-0.3, -0.25) is 14.6 Å². The summed E-state index contributed by atoms with van der Waals surface area (Å²) in [6, 6.07) is 7.56. The van der Waals surface area contributed by atoms with E-state index in [1.807, 2.05) is 32.9 Å². The Hall–Kier alpha value is -3.93. The molecule has 0 bridgehead atoms. The van der Waals surface area contributed by atoms with Crippen LogP contribution in [-0.2, 0) is 17.7 Å². The van der Waals surface area contributed by atoms with Crippen LogP contribution in [0.4, 0.5) is 18.0 Å². The van der Waals surface area contributed by atoms with Crippen LogP contribution in [0.5, 0.6) is 0 Å². The number of fused-ring (bicyclic) bond motifs is 1. The van der Waals surface area contributed by atoms with Crippen molar-refractivity contribution in [3.05, 3.63) is 65.8 Å². The number of nitrogens with zero attached hydrogens (tertiary/aromatic N) is 6. The lowest BCUT2D eigenvalue weighted by Crippen LogP contribution is -2.50. The van der Waals surface area contributed by atoms with Crippen molar-refractivity contribution < 1.29 is 22.7 Å². The number of pyridine rings is 1. The molecule has 0 spiro atoms. The predicted octanol–water partition coefficient (Wildman–Crippen LogP) is 5.82. The minimum atomic E-state index is -2.63. The van der Waals surface area contributed by atoms with E-state index in [1.54, 1.807) is 29.4 Å². The van der Waals surface area contributed by atoms with E-state index >= 15 is 4.39 Å². The fourth-order valence-electron chi connectivity index (χ4n) is 5.55. The van der Waals surface area contributed by atoms with Crippen molar-refractivity contribution in [3.8, 4) is 11.1 Å². The highest BCUT2D eigenvalue weighted by Gasteiger charge is 2.56. The summed E-state index contributed by atoms with van der Waals surface area (Å²) in [4.78, 5) is 28.8. The molecule has 9 nitrogen and oxygen atoms in total. The molecule has 3 aromatic heterocycles. The van der Waals surface area contributed by atoms with Crippen LogP contribution in [0.1, 0.15) is 57.2 Å². The number of nitrogens with one attached hydrogen (secondary N) is 1. The van der Waals surface area contributed by atoms with Crippen molar-refractivity contribution >= 4 is 17.1 Å². The summed E-state index contributed by atoms with van der Waals surface area (Å²) >= 11 is 0. The highest BCUT2D eigenvalue weighted by atomic mass is 19.3. The topological polar surface area (TPSA) is 92.2 Å². The Morgan fingerprint density at radius 2 is 1.93 bits per heavy atom. The summed E-state index contributed by atoms with van der Waals surface area (Å²) in [7, 11) is 0. The Morgan fingerprint density at radius 1 is 1.19 bits per heavy atom. The van der Waals surface area contributed by atoms with Gasteiger partial charge in [-0.15, -0.1) is 0 Å². The average Bonchev–Trinajstić information content (AvgIpc) is 3.28. The lowest BCUT2D eigenvalue weighted by molar-refractivity contribution is 0.0110. The lowest BCUT2D eigenvalue weighted by Gasteiger charge is -2.38. The van der Waals surface area contributed by atoms with Gasteiger partial charge in [0.1, 0.15) is 16.9 Å². The number of alkyl halides is 2. The summed E-state index contributed by atoms with van der Waals surface area (Å²) < 4.78 is 49.1. The fraction of sp³-hybridized carbons (Fsp3) is 0.484. The number of halogens is 3. The maximum Gasteiger partial charge on any atom is 0.410 e. The number of rotatable bonds is 7. The Morgan fingerprint density at radius 3 is 2.63 bits per heavy atom. The van der Waals surface area contributed by atoms with Crippen LogP contribution in [0.25, 0.3) is 22.2 Å². The van der Waals surface area contributed by atoms with Gasteiger partial charge in [-0.1, -0.05) is 0 Å². The average molecular weight is 596 g/mol. The summed E-state index contributed by atoms with van der Waals surface area (Å²) in [5.74, 6) is -3.25. The van der Waals surface area contributed by atoms with Gasteiger partial charge in [0.05, 0.1) is 11.7 Å². The van der Waals surface area contributed by atoms with Gasteiger partial charge in [0, 0.05) is 86.7 Å². The number of imidazole rings is 1. The molecule has 1 aliphatic carbocycles. The molecule has 0 radical (unpaired) electrons. The summed E-state index contributed by atoms with van der Waals surface area (Å²) in [5.41, 5.74) is 2.99. The molecule has 1 amide bonds. The van der Waals surface area contributed by atoms with Crippen LogP contribution in [0.2, 0.25) is 0 Å². The van der Waals surface area contributed by atoms with E-state index in [2.05, 4.69) is 31.9 Å². The number of carbonyl (C=O) groups excluding carboxylic acids is 1. The molecule has 2 atom stereocenters. The summed E-state index contributed by atoms with van der Waals surface area (Å²) in [6.07, 6.45) is 4.84. The van der Waals surface area contributed by atoms with Crippen LogP contribution in [-0.4, -0.2) is 78.3 Å². The van der Waals surface area contributed by atoms with E-state index < -0.39 is 23.3 Å². The fourth-order valence-corrected chi connectivity index (χ4v) is 5.55. The predicted molar refractivity (Wildman–Crippen MR) is 155 cm³/mol. The molecule has 1 saturated heterocycles.